The van der Waals surface area contributed by atoms with E-state index >= 15 is 0 Å². The lowest BCUT2D eigenvalue weighted by Crippen LogP contribution is -2.44. The Kier molecular flexibility index (Phi) is 6.76. The Morgan fingerprint density at radius 3 is 2.67 bits per heavy atom. The zero-order valence-corrected chi connectivity index (χ0v) is 21.8. The van der Waals surface area contributed by atoms with Gasteiger partial charge < -0.3 is 10.1 Å². The van der Waals surface area contributed by atoms with Crippen molar-refractivity contribution in [2.45, 2.75) is 30.3 Å². The highest BCUT2D eigenvalue weighted by molar-refractivity contribution is 7.97. The SMILES string of the molecule is Cc1cc(Nc2cc(Cl)cc(OCCN3C[C@H]4C[C@@H]3CN4Sc3ccccc3)c2)c2ccccc2n1. The van der Waals surface area contributed by atoms with Crippen LogP contribution in [0.15, 0.2) is 83.8 Å². The number of rotatable bonds is 8. The predicted molar refractivity (Wildman–Crippen MR) is 149 cm³/mol. The number of para-hydroxylation sites is 1. The summed E-state index contributed by atoms with van der Waals surface area (Å²) in [5.74, 6) is 0.783. The maximum absolute atomic E-state index is 6.46. The largest absolute Gasteiger partial charge is 0.492 e. The van der Waals surface area contributed by atoms with Crippen LogP contribution in [0.2, 0.25) is 5.02 Å². The van der Waals surface area contributed by atoms with Gasteiger partial charge in [-0.2, -0.15) is 0 Å². The minimum atomic E-state index is 0.606. The van der Waals surface area contributed by atoms with Crippen LogP contribution in [0.3, 0.4) is 0 Å². The van der Waals surface area contributed by atoms with Crippen molar-refractivity contribution >= 4 is 45.8 Å². The fourth-order valence-electron chi connectivity index (χ4n) is 5.28. The number of piperazine rings is 1. The number of benzene rings is 3. The Morgan fingerprint density at radius 1 is 1.00 bits per heavy atom. The number of fused-ring (bicyclic) bond motifs is 3. The molecule has 0 aliphatic carbocycles. The number of hydrogen-bond acceptors (Lipinski definition) is 6. The molecule has 0 spiro atoms. The molecule has 2 saturated heterocycles. The molecule has 184 valence electrons. The normalized spacial score (nSPS) is 19.7. The van der Waals surface area contributed by atoms with Gasteiger partial charge in [0.1, 0.15) is 12.4 Å². The summed E-state index contributed by atoms with van der Waals surface area (Å²) in [6, 6.07) is 27.9. The van der Waals surface area contributed by atoms with Crippen molar-refractivity contribution in [3.8, 4) is 5.75 Å². The van der Waals surface area contributed by atoms with Gasteiger partial charge in [0.15, 0.2) is 0 Å². The Bertz CT molecular complexity index is 1370. The number of ether oxygens (including phenoxy) is 1. The van der Waals surface area contributed by atoms with Crippen LogP contribution in [0.5, 0.6) is 5.75 Å². The summed E-state index contributed by atoms with van der Waals surface area (Å²) < 4.78 is 8.72. The van der Waals surface area contributed by atoms with Gasteiger partial charge >= 0.3 is 0 Å². The topological polar surface area (TPSA) is 40.6 Å². The molecule has 0 amide bonds. The number of nitrogens with one attached hydrogen (secondary N) is 1. The van der Waals surface area contributed by atoms with Crippen LogP contribution in [0.4, 0.5) is 11.4 Å². The first-order valence-electron chi connectivity index (χ1n) is 12.4. The first-order chi connectivity index (χ1) is 17.6. The van der Waals surface area contributed by atoms with Gasteiger partial charge in [0.05, 0.1) is 5.52 Å². The van der Waals surface area contributed by atoms with Gasteiger partial charge in [-0.15, -0.1) is 0 Å². The van der Waals surface area contributed by atoms with Crippen LogP contribution in [0.25, 0.3) is 10.9 Å². The summed E-state index contributed by atoms with van der Waals surface area (Å²) in [6.45, 7) is 5.79. The summed E-state index contributed by atoms with van der Waals surface area (Å²) >= 11 is 8.35. The van der Waals surface area contributed by atoms with Crippen LogP contribution >= 0.6 is 23.5 Å². The van der Waals surface area contributed by atoms with Crippen molar-refractivity contribution in [3.05, 3.63) is 89.6 Å². The third-order valence-electron chi connectivity index (χ3n) is 6.91. The fourth-order valence-corrected chi connectivity index (χ4v) is 6.60. The molecule has 2 aliphatic rings. The summed E-state index contributed by atoms with van der Waals surface area (Å²) in [6.07, 6.45) is 1.24. The Hall–Kier alpha value is -2.77. The molecule has 1 aromatic heterocycles. The Morgan fingerprint density at radius 2 is 1.83 bits per heavy atom. The van der Waals surface area contributed by atoms with Crippen molar-refractivity contribution in [3.63, 3.8) is 0 Å². The van der Waals surface area contributed by atoms with Crippen molar-refractivity contribution < 1.29 is 4.74 Å². The highest BCUT2D eigenvalue weighted by Crippen LogP contribution is 2.38. The van der Waals surface area contributed by atoms with Crippen molar-refractivity contribution in [2.75, 3.05) is 31.6 Å². The standard InChI is InChI=1S/C29H29ClN4OS/c1-20-13-29(27-9-5-6-10-28(27)31-20)32-22-14-21(30)15-25(16-22)35-12-11-33-18-24-17-23(33)19-34(24)36-26-7-3-2-4-8-26/h2-10,13-16,23-24H,11-12,17-19H2,1H3,(H,31,32)/t23-,24-/m1/s1. The molecule has 2 fully saturated rings. The van der Waals surface area contributed by atoms with Crippen molar-refractivity contribution in [2.24, 2.45) is 0 Å². The zero-order chi connectivity index (χ0) is 24.5. The molecule has 1 N–H and O–H groups in total. The molecular formula is C29H29ClN4OS. The fraction of sp³-hybridized carbons (Fsp3) is 0.276. The third-order valence-corrected chi connectivity index (χ3v) is 8.29. The number of likely N-dealkylation sites (tertiary alicyclic amines) is 1. The maximum atomic E-state index is 6.46. The summed E-state index contributed by atoms with van der Waals surface area (Å²) in [5.41, 5.74) is 3.86. The van der Waals surface area contributed by atoms with Crippen molar-refractivity contribution in [1.29, 1.82) is 0 Å². The molecule has 4 aromatic rings. The van der Waals surface area contributed by atoms with Crippen LogP contribution in [-0.4, -0.2) is 52.5 Å². The number of hydrogen-bond donors (Lipinski definition) is 1. The van der Waals surface area contributed by atoms with Crippen molar-refractivity contribution in [1.82, 2.24) is 14.2 Å². The summed E-state index contributed by atoms with van der Waals surface area (Å²) in [7, 11) is 0. The number of pyridine rings is 1. The molecule has 2 bridgehead atoms. The average Bonchev–Trinajstić information content (AvgIpc) is 3.44. The molecule has 0 saturated carbocycles. The van der Waals surface area contributed by atoms with E-state index in [0.29, 0.717) is 23.7 Å². The van der Waals surface area contributed by atoms with Gasteiger partial charge in [0.2, 0.25) is 0 Å². The second kappa shape index (κ2) is 10.3. The first kappa shape index (κ1) is 23.6. The lowest BCUT2D eigenvalue weighted by molar-refractivity contribution is 0.157. The van der Waals surface area contributed by atoms with Crippen LogP contribution < -0.4 is 10.1 Å². The smallest absolute Gasteiger partial charge is 0.122 e. The van der Waals surface area contributed by atoms with Gasteiger partial charge in [0.25, 0.3) is 0 Å². The minimum Gasteiger partial charge on any atom is -0.492 e. The molecule has 2 atom stereocenters. The highest BCUT2D eigenvalue weighted by atomic mass is 35.5. The van der Waals surface area contributed by atoms with Crippen LogP contribution in [0, 0.1) is 6.92 Å². The van der Waals surface area contributed by atoms with E-state index in [1.54, 1.807) is 0 Å². The lowest BCUT2D eigenvalue weighted by Gasteiger charge is -2.33. The van der Waals surface area contributed by atoms with E-state index in [2.05, 4.69) is 62.0 Å². The molecule has 0 radical (unpaired) electrons. The zero-order valence-electron chi connectivity index (χ0n) is 20.2. The van der Waals surface area contributed by atoms with E-state index in [4.69, 9.17) is 16.3 Å². The quantitative estimate of drug-likeness (QED) is 0.260. The number of aryl methyl sites for hydroxylation is 1. The second-order valence-corrected chi connectivity index (χ2v) is 11.1. The van der Waals surface area contributed by atoms with Gasteiger partial charge in [-0.1, -0.05) is 48.0 Å². The van der Waals surface area contributed by atoms with Crippen LogP contribution in [0.1, 0.15) is 12.1 Å². The molecule has 0 unspecified atom stereocenters. The maximum Gasteiger partial charge on any atom is 0.122 e. The van der Waals surface area contributed by atoms with E-state index in [-0.39, 0.29) is 0 Å². The molecule has 2 aliphatic heterocycles. The van der Waals surface area contributed by atoms with E-state index < -0.39 is 0 Å². The Labute approximate surface area is 221 Å². The predicted octanol–water partition coefficient (Wildman–Crippen LogP) is 6.78. The first-order valence-corrected chi connectivity index (χ1v) is 13.6. The Balaban J connectivity index is 1.06. The number of aromatic nitrogens is 1. The highest BCUT2D eigenvalue weighted by Gasteiger charge is 2.43. The van der Waals surface area contributed by atoms with Gasteiger partial charge in [-0.3, -0.25) is 9.88 Å². The van der Waals surface area contributed by atoms with E-state index in [1.807, 2.05) is 55.3 Å². The third kappa shape index (κ3) is 5.18. The second-order valence-electron chi connectivity index (χ2n) is 9.52. The molecule has 6 rings (SSSR count). The minimum absolute atomic E-state index is 0.606. The summed E-state index contributed by atoms with van der Waals surface area (Å²) in [4.78, 5) is 8.52. The molecule has 7 heteroatoms. The average molecular weight is 517 g/mol. The molecule has 5 nitrogen and oxygen atoms in total. The monoisotopic (exact) mass is 516 g/mol. The molecular weight excluding hydrogens is 488 g/mol. The summed E-state index contributed by atoms with van der Waals surface area (Å²) in [5, 5.41) is 5.25. The number of anilines is 2. The lowest BCUT2D eigenvalue weighted by atomic mass is 10.1. The number of halogens is 1. The molecule has 3 aromatic carbocycles. The number of nitrogens with zero attached hydrogens (tertiary/aromatic N) is 3. The molecule has 36 heavy (non-hydrogen) atoms. The van der Waals surface area contributed by atoms with Crippen LogP contribution in [-0.2, 0) is 0 Å². The van der Waals surface area contributed by atoms with Gasteiger partial charge in [-0.25, -0.2) is 4.31 Å². The van der Waals surface area contributed by atoms with E-state index in [0.717, 1.165) is 53.4 Å². The van der Waals surface area contributed by atoms with Gasteiger partial charge in [-0.05, 0) is 61.7 Å². The van der Waals surface area contributed by atoms with E-state index in [1.165, 1.54) is 11.3 Å². The van der Waals surface area contributed by atoms with E-state index in [9.17, 15) is 0 Å². The molecule has 3 heterocycles. The van der Waals surface area contributed by atoms with Gasteiger partial charge in [0, 0.05) is 70.2 Å².